The molecule has 2 heterocycles. The molecule has 1 aliphatic carbocycles. The highest BCUT2D eigenvalue weighted by Gasteiger charge is 2.41. The van der Waals surface area contributed by atoms with Crippen molar-refractivity contribution in [1.29, 1.82) is 0 Å². The quantitative estimate of drug-likeness (QED) is 0.133. The molecule has 0 bridgehead atoms. The summed E-state index contributed by atoms with van der Waals surface area (Å²) in [6.45, 7) is 9.43. The lowest BCUT2D eigenvalue weighted by atomic mass is 9.85. The summed E-state index contributed by atoms with van der Waals surface area (Å²) >= 11 is 0. The van der Waals surface area contributed by atoms with E-state index in [-0.39, 0.29) is 24.5 Å². The third-order valence-electron chi connectivity index (χ3n) is 10.1. The molecule has 7 atom stereocenters. The highest BCUT2D eigenvalue weighted by atomic mass is 16.3. The van der Waals surface area contributed by atoms with E-state index in [9.17, 15) is 39.0 Å². The minimum Gasteiger partial charge on any atom is -0.391 e. The first-order valence-corrected chi connectivity index (χ1v) is 18.8. The van der Waals surface area contributed by atoms with Gasteiger partial charge in [-0.1, -0.05) is 52.9 Å². The van der Waals surface area contributed by atoms with Crippen LogP contribution in [0.25, 0.3) is 0 Å². The van der Waals surface area contributed by atoms with Crippen LogP contribution in [0.2, 0.25) is 0 Å². The molecule has 16 heteroatoms. The topological polar surface area (TPSA) is 232 Å². The Labute approximate surface area is 306 Å². The van der Waals surface area contributed by atoms with Gasteiger partial charge in [0.15, 0.2) is 0 Å². The van der Waals surface area contributed by atoms with Gasteiger partial charge in [-0.2, -0.15) is 9.59 Å². The molecule has 0 aromatic heterocycles. The highest BCUT2D eigenvalue weighted by Crippen LogP contribution is 2.28. The summed E-state index contributed by atoms with van der Waals surface area (Å²) in [7, 11) is 0. The molecule has 294 valence electrons. The van der Waals surface area contributed by atoms with Gasteiger partial charge in [0.1, 0.15) is 36.3 Å². The Morgan fingerprint density at radius 2 is 1.23 bits per heavy atom. The van der Waals surface area contributed by atoms with Crippen LogP contribution in [0.4, 0.5) is 0 Å². The maximum Gasteiger partial charge on any atom is 0.373 e. The Hall–Kier alpha value is -3.88. The molecular weight excluding hydrogens is 676 g/mol. The molecule has 52 heavy (non-hydrogen) atoms. The number of aliphatic hydroxyl groups is 2. The van der Waals surface area contributed by atoms with Crippen molar-refractivity contribution in [2.75, 3.05) is 19.6 Å². The standard InChI is InChI=1S/C35H60N6O8.CO2/c1-6-17-36-33(47)29(23(5)42)39-31(45)26-16-12-19-40(26)34(48)22(4)37-30(44)25-15-10-11-18-41(25)35(49)28(21(2)3)38-32(46)27(43)20-24-13-8-7-9-14-24;2-1-3/h21-29,42-43H,6-20H2,1-5H3,(H,36,47)(H,37,44)(H,38,46)(H,39,45);/t22-,23+,25-,26-,27-,28-,29-;/m0./s1. The van der Waals surface area contributed by atoms with Crippen molar-refractivity contribution in [2.24, 2.45) is 11.8 Å². The van der Waals surface area contributed by atoms with Gasteiger partial charge < -0.3 is 41.3 Å². The molecule has 6 amide bonds. The van der Waals surface area contributed by atoms with Crippen LogP contribution in [0.3, 0.4) is 0 Å². The van der Waals surface area contributed by atoms with Crippen LogP contribution < -0.4 is 21.3 Å². The summed E-state index contributed by atoms with van der Waals surface area (Å²) in [6.07, 6.45) is 6.93. The van der Waals surface area contributed by atoms with Crippen molar-refractivity contribution in [3.05, 3.63) is 0 Å². The second kappa shape index (κ2) is 22.2. The van der Waals surface area contributed by atoms with Gasteiger partial charge in [0.2, 0.25) is 35.4 Å². The van der Waals surface area contributed by atoms with Crippen LogP contribution >= 0.6 is 0 Å². The number of amides is 6. The molecule has 3 rings (SSSR count). The SMILES string of the molecule is CCCNC(=O)[C@@H](NC(=O)[C@@H]1CCCN1C(=O)[C@H](C)NC(=O)[C@@H]1CCCCN1C(=O)[C@@H](NC(=O)[C@@H](O)CC1CCCCC1)C(C)C)[C@@H](C)O.O=C=O. The number of rotatable bonds is 15. The molecule has 0 radical (unpaired) electrons. The Bertz CT molecular complexity index is 1250. The summed E-state index contributed by atoms with van der Waals surface area (Å²) in [4.78, 5) is 98.9. The molecule has 16 nitrogen and oxygen atoms in total. The average Bonchev–Trinajstić information content (AvgIpc) is 3.61. The smallest absolute Gasteiger partial charge is 0.373 e. The van der Waals surface area contributed by atoms with E-state index >= 15 is 0 Å². The molecule has 6 N–H and O–H groups in total. The molecule has 0 spiro atoms. The molecule has 0 aromatic rings. The number of piperidine rings is 1. The van der Waals surface area contributed by atoms with E-state index in [0.717, 1.165) is 25.7 Å². The Balaban J connectivity index is 0.00000301. The largest absolute Gasteiger partial charge is 0.391 e. The number of hydrogen-bond acceptors (Lipinski definition) is 10. The number of nitrogens with one attached hydrogen (secondary N) is 4. The van der Waals surface area contributed by atoms with Crippen LogP contribution in [0.5, 0.6) is 0 Å². The zero-order valence-corrected chi connectivity index (χ0v) is 31.4. The molecular formula is C36H60N6O10. The van der Waals surface area contributed by atoms with Crippen molar-refractivity contribution in [1.82, 2.24) is 31.1 Å². The predicted octanol–water partition coefficient (Wildman–Crippen LogP) is 0.144. The highest BCUT2D eigenvalue weighted by molar-refractivity contribution is 5.97. The second-order valence-electron chi connectivity index (χ2n) is 14.6. The first-order valence-electron chi connectivity index (χ1n) is 18.8. The fourth-order valence-electron chi connectivity index (χ4n) is 7.19. The van der Waals surface area contributed by atoms with Gasteiger partial charge in [-0.05, 0) is 70.6 Å². The van der Waals surface area contributed by atoms with Crippen molar-refractivity contribution in [3.63, 3.8) is 0 Å². The zero-order chi connectivity index (χ0) is 39.0. The van der Waals surface area contributed by atoms with E-state index in [1.165, 1.54) is 30.1 Å². The number of aliphatic hydroxyl groups excluding tert-OH is 2. The van der Waals surface area contributed by atoms with E-state index in [1.54, 1.807) is 13.8 Å². The molecule has 3 fully saturated rings. The summed E-state index contributed by atoms with van der Waals surface area (Å²) in [5.41, 5.74) is 0. The van der Waals surface area contributed by atoms with E-state index in [0.29, 0.717) is 58.0 Å². The maximum absolute atomic E-state index is 13.9. The number of nitrogens with zero attached hydrogens (tertiary/aromatic N) is 2. The molecule has 0 unspecified atom stereocenters. The lowest BCUT2D eigenvalue weighted by molar-refractivity contribution is -0.191. The molecule has 2 saturated heterocycles. The number of carbonyl (C=O) groups is 6. The van der Waals surface area contributed by atoms with Crippen molar-refractivity contribution in [3.8, 4) is 0 Å². The number of hydrogen-bond donors (Lipinski definition) is 6. The fourth-order valence-corrected chi connectivity index (χ4v) is 7.19. The summed E-state index contributed by atoms with van der Waals surface area (Å²) in [5, 5.41) is 31.6. The third-order valence-corrected chi connectivity index (χ3v) is 10.1. The van der Waals surface area contributed by atoms with Gasteiger partial charge in [0, 0.05) is 19.6 Å². The summed E-state index contributed by atoms with van der Waals surface area (Å²) in [5.74, 6) is -3.04. The number of carbonyl (C=O) groups excluding carboxylic acids is 8. The fraction of sp³-hybridized carbons (Fsp3) is 0.806. The second-order valence-corrected chi connectivity index (χ2v) is 14.6. The van der Waals surface area contributed by atoms with Gasteiger partial charge in [0.05, 0.1) is 6.10 Å². The van der Waals surface area contributed by atoms with Crippen LogP contribution in [0.1, 0.15) is 112 Å². The number of likely N-dealkylation sites (tertiary alicyclic amines) is 2. The Morgan fingerprint density at radius 1 is 0.692 bits per heavy atom. The van der Waals surface area contributed by atoms with Gasteiger partial charge in [-0.15, -0.1) is 0 Å². The van der Waals surface area contributed by atoms with E-state index < -0.39 is 77.9 Å². The lowest BCUT2D eigenvalue weighted by Crippen LogP contribution is -2.61. The molecule has 3 aliphatic rings. The van der Waals surface area contributed by atoms with Crippen molar-refractivity contribution >= 4 is 41.6 Å². The Kier molecular flexibility index (Phi) is 18.9. The van der Waals surface area contributed by atoms with E-state index in [1.807, 2.05) is 6.92 Å². The Morgan fingerprint density at radius 3 is 1.81 bits per heavy atom. The predicted molar refractivity (Wildman–Crippen MR) is 188 cm³/mol. The van der Waals surface area contributed by atoms with Gasteiger partial charge >= 0.3 is 6.15 Å². The van der Waals surface area contributed by atoms with Crippen LogP contribution in [0, 0.1) is 11.8 Å². The van der Waals surface area contributed by atoms with Crippen LogP contribution in [0.15, 0.2) is 0 Å². The molecule has 1 saturated carbocycles. The molecule has 2 aliphatic heterocycles. The zero-order valence-electron chi connectivity index (χ0n) is 31.4. The van der Waals surface area contributed by atoms with Crippen LogP contribution in [-0.4, -0.2) is 124 Å². The first-order chi connectivity index (χ1) is 24.7. The van der Waals surface area contributed by atoms with Crippen molar-refractivity contribution in [2.45, 2.75) is 154 Å². The summed E-state index contributed by atoms with van der Waals surface area (Å²) < 4.78 is 0. The van der Waals surface area contributed by atoms with Gasteiger partial charge in [-0.25, -0.2) is 0 Å². The van der Waals surface area contributed by atoms with Gasteiger partial charge in [0.25, 0.3) is 0 Å². The first kappa shape index (κ1) is 44.3. The lowest BCUT2D eigenvalue weighted by Gasteiger charge is -2.38. The average molecular weight is 737 g/mol. The van der Waals surface area contributed by atoms with Crippen LogP contribution in [-0.2, 0) is 38.4 Å². The third kappa shape index (κ3) is 13.0. The summed E-state index contributed by atoms with van der Waals surface area (Å²) in [6, 6.07) is -4.84. The van der Waals surface area contributed by atoms with E-state index in [4.69, 9.17) is 9.59 Å². The maximum atomic E-state index is 13.9. The van der Waals surface area contributed by atoms with Crippen molar-refractivity contribution < 1.29 is 48.6 Å². The monoisotopic (exact) mass is 736 g/mol. The normalized spacial score (nSPS) is 22.0. The molecule has 0 aromatic carbocycles. The van der Waals surface area contributed by atoms with E-state index in [2.05, 4.69) is 21.3 Å². The minimum absolute atomic E-state index is 0.250. The van der Waals surface area contributed by atoms with Gasteiger partial charge in [-0.3, -0.25) is 28.8 Å². The minimum atomic E-state index is -1.21.